The van der Waals surface area contributed by atoms with Crippen LogP contribution in [0.25, 0.3) is 0 Å². The molecule has 2 N–H and O–H groups in total. The van der Waals surface area contributed by atoms with Gasteiger partial charge < -0.3 is 15.5 Å². The van der Waals surface area contributed by atoms with Crippen molar-refractivity contribution in [3.8, 4) is 0 Å². The van der Waals surface area contributed by atoms with Crippen molar-refractivity contribution in [1.82, 2.24) is 9.80 Å². The molecule has 2 saturated heterocycles. The third-order valence-electron chi connectivity index (χ3n) is 6.06. The van der Waals surface area contributed by atoms with Crippen molar-refractivity contribution < 1.29 is 9.59 Å². The van der Waals surface area contributed by atoms with Crippen LogP contribution in [0.4, 0.5) is 0 Å². The standard InChI is InChI=1S/C23H27N3O2/c24-21-16-26(15-20(21)17-7-3-1-4-8-17)23(28)19-11-13-25(14-12-19)22(27)18-9-5-2-6-10-18/h1-10,19-21H,11-16,24H2/t20-,21+/m0/s1. The fraction of sp³-hybridized carbons (Fsp3) is 0.391. The van der Waals surface area contributed by atoms with Crippen molar-refractivity contribution in [3.05, 3.63) is 71.8 Å². The zero-order chi connectivity index (χ0) is 19.5. The SMILES string of the molecule is N[C@@H]1CN(C(=O)C2CCN(C(=O)c3ccccc3)CC2)C[C@H]1c1ccccc1. The first-order valence-corrected chi connectivity index (χ1v) is 10.1. The third kappa shape index (κ3) is 3.80. The summed E-state index contributed by atoms with van der Waals surface area (Å²) in [7, 11) is 0. The van der Waals surface area contributed by atoms with Gasteiger partial charge in [-0.3, -0.25) is 9.59 Å². The number of benzene rings is 2. The average molecular weight is 377 g/mol. The molecular formula is C23H27N3O2. The van der Waals surface area contributed by atoms with E-state index in [9.17, 15) is 9.59 Å². The number of carbonyl (C=O) groups excluding carboxylic acids is 2. The predicted molar refractivity (Wildman–Crippen MR) is 109 cm³/mol. The Kier molecular flexibility index (Phi) is 5.44. The number of rotatable bonds is 3. The minimum Gasteiger partial charge on any atom is -0.340 e. The Hall–Kier alpha value is -2.66. The molecule has 0 saturated carbocycles. The molecule has 0 bridgehead atoms. The van der Waals surface area contributed by atoms with Crippen LogP contribution in [0.5, 0.6) is 0 Å². The van der Waals surface area contributed by atoms with Crippen LogP contribution >= 0.6 is 0 Å². The predicted octanol–water partition coefficient (Wildman–Crippen LogP) is 2.49. The third-order valence-corrected chi connectivity index (χ3v) is 6.06. The number of nitrogens with zero attached hydrogens (tertiary/aromatic N) is 2. The summed E-state index contributed by atoms with van der Waals surface area (Å²) in [6.07, 6.45) is 1.44. The van der Waals surface area contributed by atoms with Crippen molar-refractivity contribution in [3.63, 3.8) is 0 Å². The summed E-state index contributed by atoms with van der Waals surface area (Å²) in [5, 5.41) is 0. The highest BCUT2D eigenvalue weighted by molar-refractivity contribution is 5.94. The van der Waals surface area contributed by atoms with Crippen LogP contribution in [0.3, 0.4) is 0 Å². The van der Waals surface area contributed by atoms with Crippen molar-refractivity contribution in [2.24, 2.45) is 11.7 Å². The fourth-order valence-electron chi connectivity index (χ4n) is 4.41. The Balaban J connectivity index is 1.34. The molecule has 5 heteroatoms. The molecular weight excluding hydrogens is 350 g/mol. The highest BCUT2D eigenvalue weighted by atomic mass is 16.2. The Morgan fingerprint density at radius 1 is 0.821 bits per heavy atom. The van der Waals surface area contributed by atoms with Crippen molar-refractivity contribution in [2.45, 2.75) is 24.8 Å². The summed E-state index contributed by atoms with van der Waals surface area (Å²) in [6, 6.07) is 19.5. The molecule has 5 nitrogen and oxygen atoms in total. The second-order valence-corrected chi connectivity index (χ2v) is 7.86. The number of hydrogen-bond acceptors (Lipinski definition) is 3. The van der Waals surface area contributed by atoms with Crippen LogP contribution in [0, 0.1) is 5.92 Å². The maximum atomic E-state index is 13.0. The molecule has 146 valence electrons. The minimum absolute atomic E-state index is 0.0125. The van der Waals surface area contributed by atoms with E-state index in [1.165, 1.54) is 5.56 Å². The molecule has 2 amide bonds. The lowest BCUT2D eigenvalue weighted by molar-refractivity contribution is -0.135. The summed E-state index contributed by atoms with van der Waals surface area (Å²) in [5.41, 5.74) is 8.26. The van der Waals surface area contributed by atoms with Gasteiger partial charge >= 0.3 is 0 Å². The Morgan fingerprint density at radius 3 is 2.07 bits per heavy atom. The van der Waals surface area contributed by atoms with Gasteiger partial charge in [-0.2, -0.15) is 0 Å². The van der Waals surface area contributed by atoms with Crippen LogP contribution < -0.4 is 5.73 Å². The van der Waals surface area contributed by atoms with Crippen LogP contribution in [-0.4, -0.2) is 53.8 Å². The van der Waals surface area contributed by atoms with E-state index < -0.39 is 0 Å². The molecule has 0 aromatic heterocycles. The lowest BCUT2D eigenvalue weighted by atomic mass is 9.94. The molecule has 2 aliphatic heterocycles. The van der Waals surface area contributed by atoms with E-state index in [1.807, 2.05) is 58.3 Å². The van der Waals surface area contributed by atoms with Gasteiger partial charge in [-0.25, -0.2) is 0 Å². The molecule has 2 heterocycles. The maximum absolute atomic E-state index is 13.0. The summed E-state index contributed by atoms with van der Waals surface area (Å²) < 4.78 is 0. The summed E-state index contributed by atoms with van der Waals surface area (Å²) in [6.45, 7) is 2.56. The van der Waals surface area contributed by atoms with E-state index in [0.717, 1.165) is 12.8 Å². The van der Waals surface area contributed by atoms with Crippen LogP contribution in [0.15, 0.2) is 60.7 Å². The van der Waals surface area contributed by atoms with Gasteiger partial charge in [0.1, 0.15) is 0 Å². The van der Waals surface area contributed by atoms with Crippen molar-refractivity contribution in [2.75, 3.05) is 26.2 Å². The molecule has 2 aromatic carbocycles. The Bertz CT molecular complexity index is 816. The zero-order valence-electron chi connectivity index (χ0n) is 16.0. The summed E-state index contributed by atoms with van der Waals surface area (Å²) >= 11 is 0. The number of piperidine rings is 1. The molecule has 0 aliphatic carbocycles. The van der Waals surface area contributed by atoms with Gasteiger partial charge in [0.2, 0.25) is 5.91 Å². The minimum atomic E-state index is -0.0221. The van der Waals surface area contributed by atoms with Crippen LogP contribution in [-0.2, 0) is 4.79 Å². The fourth-order valence-corrected chi connectivity index (χ4v) is 4.41. The molecule has 2 fully saturated rings. The first-order chi connectivity index (χ1) is 13.6. The molecule has 2 atom stereocenters. The van der Waals surface area contributed by atoms with E-state index in [0.29, 0.717) is 31.7 Å². The van der Waals surface area contributed by atoms with Gasteiger partial charge in [-0.05, 0) is 30.5 Å². The lowest BCUT2D eigenvalue weighted by Gasteiger charge is -2.33. The van der Waals surface area contributed by atoms with E-state index in [-0.39, 0.29) is 29.7 Å². The molecule has 0 radical (unpaired) electrons. The first kappa shape index (κ1) is 18.7. The largest absolute Gasteiger partial charge is 0.340 e. The monoisotopic (exact) mass is 377 g/mol. The van der Waals surface area contributed by atoms with Gasteiger partial charge in [0.25, 0.3) is 5.91 Å². The van der Waals surface area contributed by atoms with Crippen LogP contribution in [0.1, 0.15) is 34.7 Å². The lowest BCUT2D eigenvalue weighted by Crippen LogP contribution is -2.44. The second-order valence-electron chi connectivity index (χ2n) is 7.86. The van der Waals surface area contributed by atoms with Gasteiger partial charge in [0.15, 0.2) is 0 Å². The van der Waals surface area contributed by atoms with Crippen molar-refractivity contribution in [1.29, 1.82) is 0 Å². The number of likely N-dealkylation sites (tertiary alicyclic amines) is 2. The second kappa shape index (κ2) is 8.15. The molecule has 2 aromatic rings. The first-order valence-electron chi connectivity index (χ1n) is 10.1. The Labute approximate surface area is 166 Å². The van der Waals surface area contributed by atoms with Gasteiger partial charge in [0.05, 0.1) is 0 Å². The van der Waals surface area contributed by atoms with Gasteiger partial charge in [-0.15, -0.1) is 0 Å². The average Bonchev–Trinajstić information content (AvgIpc) is 3.15. The highest BCUT2D eigenvalue weighted by Crippen LogP contribution is 2.29. The normalized spacial score (nSPS) is 23.0. The van der Waals surface area contributed by atoms with E-state index in [1.54, 1.807) is 0 Å². The van der Waals surface area contributed by atoms with E-state index >= 15 is 0 Å². The summed E-state index contributed by atoms with van der Waals surface area (Å²) in [5.74, 6) is 0.436. The van der Waals surface area contributed by atoms with Crippen LogP contribution in [0.2, 0.25) is 0 Å². The van der Waals surface area contributed by atoms with Gasteiger partial charge in [0, 0.05) is 49.6 Å². The highest BCUT2D eigenvalue weighted by Gasteiger charge is 2.37. The summed E-state index contributed by atoms with van der Waals surface area (Å²) in [4.78, 5) is 29.4. The zero-order valence-corrected chi connectivity index (χ0v) is 16.0. The molecule has 2 aliphatic rings. The number of amides is 2. The van der Waals surface area contributed by atoms with E-state index in [2.05, 4.69) is 12.1 Å². The molecule has 28 heavy (non-hydrogen) atoms. The maximum Gasteiger partial charge on any atom is 0.253 e. The van der Waals surface area contributed by atoms with Crippen molar-refractivity contribution >= 4 is 11.8 Å². The smallest absolute Gasteiger partial charge is 0.253 e. The number of nitrogens with two attached hydrogens (primary N) is 1. The topological polar surface area (TPSA) is 66.6 Å². The van der Waals surface area contributed by atoms with E-state index in [4.69, 9.17) is 5.73 Å². The quantitative estimate of drug-likeness (QED) is 0.894. The number of hydrogen-bond donors (Lipinski definition) is 1. The molecule has 0 spiro atoms. The van der Waals surface area contributed by atoms with Gasteiger partial charge in [-0.1, -0.05) is 48.5 Å². The Morgan fingerprint density at radius 2 is 1.43 bits per heavy atom. The number of carbonyl (C=O) groups is 2. The molecule has 4 rings (SSSR count). The molecule has 0 unspecified atom stereocenters.